The van der Waals surface area contributed by atoms with Crippen molar-refractivity contribution in [3.63, 3.8) is 0 Å². The number of thiophene rings is 1. The molecule has 5 rings (SSSR count). The largest absolute Gasteiger partial charge is 0.495 e. The van der Waals surface area contributed by atoms with E-state index in [0.29, 0.717) is 27.2 Å². The van der Waals surface area contributed by atoms with Crippen molar-refractivity contribution in [2.45, 2.75) is 17.1 Å². The topological polar surface area (TPSA) is 52.8 Å². The van der Waals surface area contributed by atoms with E-state index in [2.05, 4.69) is 15.2 Å². The minimum Gasteiger partial charge on any atom is -0.495 e. The normalized spacial score (nSPS) is 11.7. The molecule has 0 radical (unpaired) electrons. The molecule has 0 fully saturated rings. The Balaban J connectivity index is 1.41. The molecule has 2 aromatic carbocycles. The Morgan fingerprint density at radius 2 is 1.77 bits per heavy atom. The first-order valence-electron chi connectivity index (χ1n) is 10.3. The zero-order valence-electron chi connectivity index (χ0n) is 18.2. The fraction of sp³-hybridized carbons (Fsp3) is 0.125. The first kappa shape index (κ1) is 23.6. The van der Waals surface area contributed by atoms with Crippen LogP contribution in [-0.4, -0.2) is 26.9 Å². The highest BCUT2D eigenvalue weighted by Crippen LogP contribution is 2.36. The van der Waals surface area contributed by atoms with Gasteiger partial charge in [-0.2, -0.15) is 13.2 Å². The standard InChI is InChI=1S/C24H17F3N4OS3/c1-32-19-6-3-2-5-18(19)31-21(20-7-4-12-33-20)29-30-23(31)35-14-17-13-34-22(28-17)15-8-10-16(11-9-15)24(25,26)27/h2-13H,14H2,1H3. The second kappa shape index (κ2) is 9.84. The Labute approximate surface area is 211 Å². The van der Waals surface area contributed by atoms with Crippen molar-refractivity contribution in [1.82, 2.24) is 19.7 Å². The summed E-state index contributed by atoms with van der Waals surface area (Å²) in [6.45, 7) is 0. The van der Waals surface area contributed by atoms with Crippen LogP contribution in [0.15, 0.2) is 76.6 Å². The van der Waals surface area contributed by atoms with Gasteiger partial charge in [0.25, 0.3) is 0 Å². The van der Waals surface area contributed by atoms with E-state index in [1.165, 1.54) is 35.2 Å². The lowest BCUT2D eigenvalue weighted by Crippen LogP contribution is -2.03. The summed E-state index contributed by atoms with van der Waals surface area (Å²) in [5.41, 5.74) is 1.61. The number of halogens is 3. The summed E-state index contributed by atoms with van der Waals surface area (Å²) in [6, 6.07) is 16.7. The summed E-state index contributed by atoms with van der Waals surface area (Å²) in [5.74, 6) is 1.94. The van der Waals surface area contributed by atoms with Crippen molar-refractivity contribution in [2.24, 2.45) is 0 Å². The average Bonchev–Trinajstić information content (AvgIpc) is 3.63. The molecule has 5 aromatic rings. The number of hydrogen-bond acceptors (Lipinski definition) is 7. The first-order chi connectivity index (χ1) is 16.9. The van der Waals surface area contributed by atoms with Gasteiger partial charge >= 0.3 is 6.18 Å². The van der Waals surface area contributed by atoms with Gasteiger partial charge in [-0.1, -0.05) is 42.1 Å². The van der Waals surface area contributed by atoms with Crippen molar-refractivity contribution in [3.8, 4) is 32.7 Å². The number of benzene rings is 2. The van der Waals surface area contributed by atoms with Crippen LogP contribution in [0.4, 0.5) is 13.2 Å². The van der Waals surface area contributed by atoms with Crippen LogP contribution in [-0.2, 0) is 11.9 Å². The number of nitrogens with zero attached hydrogens (tertiary/aromatic N) is 4. The molecule has 0 saturated heterocycles. The minimum absolute atomic E-state index is 0.523. The maximum absolute atomic E-state index is 12.8. The van der Waals surface area contributed by atoms with E-state index in [1.54, 1.807) is 18.4 Å². The Kier molecular flexibility index (Phi) is 6.63. The second-order valence-electron chi connectivity index (χ2n) is 7.30. The predicted molar refractivity (Wildman–Crippen MR) is 133 cm³/mol. The third kappa shape index (κ3) is 4.97. The smallest absolute Gasteiger partial charge is 0.416 e. The maximum Gasteiger partial charge on any atom is 0.416 e. The maximum atomic E-state index is 12.8. The van der Waals surface area contributed by atoms with Gasteiger partial charge in [-0.05, 0) is 35.7 Å². The van der Waals surface area contributed by atoms with Crippen molar-refractivity contribution < 1.29 is 17.9 Å². The molecule has 178 valence electrons. The molecule has 0 spiro atoms. The number of hydrogen-bond donors (Lipinski definition) is 0. The van der Waals surface area contributed by atoms with E-state index < -0.39 is 11.7 Å². The van der Waals surface area contributed by atoms with Crippen LogP contribution in [0.1, 0.15) is 11.3 Å². The molecule has 0 unspecified atom stereocenters. The fourth-order valence-electron chi connectivity index (χ4n) is 3.41. The molecule has 0 aliphatic rings. The molecule has 5 nitrogen and oxygen atoms in total. The highest BCUT2D eigenvalue weighted by Gasteiger charge is 2.30. The van der Waals surface area contributed by atoms with E-state index in [9.17, 15) is 13.2 Å². The van der Waals surface area contributed by atoms with Crippen molar-refractivity contribution in [2.75, 3.05) is 7.11 Å². The van der Waals surface area contributed by atoms with Gasteiger partial charge in [0, 0.05) is 16.7 Å². The minimum atomic E-state index is -4.36. The summed E-state index contributed by atoms with van der Waals surface area (Å²) in [5, 5.41) is 14.1. The van der Waals surface area contributed by atoms with Crippen LogP contribution in [0.3, 0.4) is 0 Å². The third-order valence-electron chi connectivity index (χ3n) is 5.06. The van der Waals surface area contributed by atoms with Gasteiger partial charge in [-0.25, -0.2) is 4.98 Å². The van der Waals surface area contributed by atoms with Gasteiger partial charge in [0.05, 0.1) is 28.9 Å². The summed E-state index contributed by atoms with van der Waals surface area (Å²) in [7, 11) is 1.62. The summed E-state index contributed by atoms with van der Waals surface area (Å²) in [6.07, 6.45) is -4.36. The molecule has 0 atom stereocenters. The Hall–Kier alpha value is -3.15. The molecule has 11 heteroatoms. The van der Waals surface area contributed by atoms with E-state index in [-0.39, 0.29) is 0 Å². The quantitative estimate of drug-likeness (QED) is 0.205. The number of alkyl halides is 3. The Morgan fingerprint density at radius 1 is 0.971 bits per heavy atom. The molecule has 0 saturated carbocycles. The predicted octanol–water partition coefficient (Wildman–Crippen LogP) is 7.44. The van der Waals surface area contributed by atoms with Gasteiger partial charge < -0.3 is 4.74 Å². The second-order valence-corrected chi connectivity index (χ2v) is 10.0. The first-order valence-corrected chi connectivity index (χ1v) is 13.1. The molecule has 0 aliphatic heterocycles. The third-order valence-corrected chi connectivity index (χ3v) is 7.83. The van der Waals surface area contributed by atoms with E-state index in [4.69, 9.17) is 4.74 Å². The average molecular weight is 531 g/mol. The summed E-state index contributed by atoms with van der Waals surface area (Å²) >= 11 is 4.45. The van der Waals surface area contributed by atoms with Crippen LogP contribution in [0.5, 0.6) is 5.75 Å². The lowest BCUT2D eigenvalue weighted by molar-refractivity contribution is -0.137. The monoisotopic (exact) mass is 530 g/mol. The Bertz CT molecular complexity index is 1430. The molecule has 3 aromatic heterocycles. The number of rotatable bonds is 7. The van der Waals surface area contributed by atoms with Crippen LogP contribution in [0.25, 0.3) is 27.0 Å². The number of aromatic nitrogens is 4. The summed E-state index contributed by atoms with van der Waals surface area (Å²) in [4.78, 5) is 5.60. The molecule has 35 heavy (non-hydrogen) atoms. The molecule has 0 aliphatic carbocycles. The highest BCUT2D eigenvalue weighted by atomic mass is 32.2. The zero-order chi connectivity index (χ0) is 24.4. The van der Waals surface area contributed by atoms with Gasteiger partial charge in [0.1, 0.15) is 10.8 Å². The van der Waals surface area contributed by atoms with E-state index in [0.717, 1.165) is 34.2 Å². The van der Waals surface area contributed by atoms with Crippen LogP contribution >= 0.6 is 34.4 Å². The van der Waals surface area contributed by atoms with Gasteiger partial charge in [-0.15, -0.1) is 32.9 Å². The number of thiazole rings is 1. The van der Waals surface area contributed by atoms with Crippen molar-refractivity contribution >= 4 is 34.4 Å². The van der Waals surface area contributed by atoms with Crippen LogP contribution < -0.4 is 4.74 Å². The van der Waals surface area contributed by atoms with E-state index >= 15 is 0 Å². The molecular formula is C24H17F3N4OS3. The van der Waals surface area contributed by atoms with Crippen molar-refractivity contribution in [1.29, 1.82) is 0 Å². The highest BCUT2D eigenvalue weighted by molar-refractivity contribution is 7.98. The summed E-state index contributed by atoms with van der Waals surface area (Å²) < 4.78 is 46.1. The van der Waals surface area contributed by atoms with E-state index in [1.807, 2.05) is 51.7 Å². The van der Waals surface area contributed by atoms with Gasteiger partial charge in [0.2, 0.25) is 0 Å². The molecule has 3 heterocycles. The van der Waals surface area contributed by atoms with Gasteiger partial charge in [0.15, 0.2) is 11.0 Å². The molecule has 0 amide bonds. The molecular weight excluding hydrogens is 513 g/mol. The SMILES string of the molecule is COc1ccccc1-n1c(SCc2csc(-c3ccc(C(F)(F)F)cc3)n2)nnc1-c1cccs1. The number of ether oxygens (including phenoxy) is 1. The fourth-order valence-corrected chi connectivity index (χ4v) is 5.87. The van der Waals surface area contributed by atoms with Crippen LogP contribution in [0, 0.1) is 0 Å². The molecule has 0 bridgehead atoms. The lowest BCUT2D eigenvalue weighted by Gasteiger charge is -2.13. The Morgan fingerprint density at radius 3 is 2.49 bits per heavy atom. The molecule has 0 N–H and O–H groups in total. The number of methoxy groups -OCH3 is 1. The van der Waals surface area contributed by atoms with Crippen LogP contribution in [0.2, 0.25) is 0 Å². The number of para-hydroxylation sites is 2. The van der Waals surface area contributed by atoms with Crippen molar-refractivity contribution in [3.05, 3.63) is 82.7 Å². The number of thioether (sulfide) groups is 1. The lowest BCUT2D eigenvalue weighted by atomic mass is 10.1. The zero-order valence-corrected chi connectivity index (χ0v) is 20.6. The van der Waals surface area contributed by atoms with Gasteiger partial charge in [-0.3, -0.25) is 4.57 Å².